The summed E-state index contributed by atoms with van der Waals surface area (Å²) in [6.07, 6.45) is 0. The average Bonchev–Trinajstić information content (AvgIpc) is 2.74. The van der Waals surface area contributed by atoms with E-state index in [0.717, 1.165) is 28.1 Å². The maximum atomic E-state index is 13.1. The molecule has 7 heteroatoms. The van der Waals surface area contributed by atoms with Gasteiger partial charge in [0.15, 0.2) is 0 Å². The molecule has 0 atom stereocenters. The van der Waals surface area contributed by atoms with Crippen LogP contribution in [0.2, 0.25) is 0 Å². The molecule has 32 heavy (non-hydrogen) atoms. The largest absolute Gasteiger partial charge is 0.495 e. The number of carbonyl (C=O) groups excluding carboxylic acids is 2. The Morgan fingerprint density at radius 1 is 0.938 bits per heavy atom. The van der Waals surface area contributed by atoms with Crippen LogP contribution in [0.25, 0.3) is 0 Å². The van der Waals surface area contributed by atoms with Gasteiger partial charge in [0.1, 0.15) is 10.8 Å². The SMILES string of the molecule is COc1ccccc1NC(=O)c1c(C)cc(C)nc1SCC(=O)Nc1ccc(C)cc1C. The summed E-state index contributed by atoms with van der Waals surface area (Å²) in [5.41, 5.74) is 5.53. The molecule has 2 N–H and O–H groups in total. The molecule has 0 aliphatic heterocycles. The van der Waals surface area contributed by atoms with Gasteiger partial charge in [-0.25, -0.2) is 4.98 Å². The molecule has 0 bridgehead atoms. The standard InChI is InChI=1S/C25H27N3O3S/c1-15-10-11-19(16(2)12-15)27-22(29)14-32-25-23(17(3)13-18(4)26-25)24(30)28-20-8-6-7-9-21(20)31-5/h6-13H,14H2,1-5H3,(H,27,29)(H,28,30). The Labute approximate surface area is 192 Å². The number of hydrogen-bond acceptors (Lipinski definition) is 5. The summed E-state index contributed by atoms with van der Waals surface area (Å²) in [4.78, 5) is 30.2. The van der Waals surface area contributed by atoms with Crippen molar-refractivity contribution in [3.63, 3.8) is 0 Å². The smallest absolute Gasteiger partial charge is 0.258 e. The van der Waals surface area contributed by atoms with Crippen molar-refractivity contribution in [2.75, 3.05) is 23.5 Å². The van der Waals surface area contributed by atoms with Crippen molar-refractivity contribution >= 4 is 35.0 Å². The van der Waals surface area contributed by atoms with E-state index < -0.39 is 0 Å². The first-order chi connectivity index (χ1) is 15.3. The zero-order valence-electron chi connectivity index (χ0n) is 18.9. The predicted octanol–water partition coefficient (Wildman–Crippen LogP) is 5.31. The number of nitrogens with one attached hydrogen (secondary N) is 2. The Balaban J connectivity index is 1.78. The van der Waals surface area contributed by atoms with Crippen molar-refractivity contribution in [3.05, 3.63) is 76.5 Å². The number of para-hydroxylation sites is 2. The van der Waals surface area contributed by atoms with Crippen LogP contribution in [0.15, 0.2) is 53.6 Å². The number of thioether (sulfide) groups is 1. The highest BCUT2D eigenvalue weighted by Crippen LogP contribution is 2.28. The predicted molar refractivity (Wildman–Crippen MR) is 130 cm³/mol. The number of pyridine rings is 1. The molecule has 0 radical (unpaired) electrons. The van der Waals surface area contributed by atoms with Gasteiger partial charge in [0, 0.05) is 11.4 Å². The number of anilines is 2. The second kappa shape index (κ2) is 10.3. The number of rotatable bonds is 7. The second-order valence-corrected chi connectivity index (χ2v) is 8.53. The van der Waals surface area contributed by atoms with Crippen LogP contribution >= 0.6 is 11.8 Å². The van der Waals surface area contributed by atoms with Gasteiger partial charge in [-0.2, -0.15) is 0 Å². The number of aromatic nitrogens is 1. The van der Waals surface area contributed by atoms with E-state index in [-0.39, 0.29) is 17.6 Å². The lowest BCUT2D eigenvalue weighted by Crippen LogP contribution is -2.18. The number of amides is 2. The third-order valence-corrected chi connectivity index (χ3v) is 5.87. The number of carbonyl (C=O) groups is 2. The Kier molecular flexibility index (Phi) is 7.53. The van der Waals surface area contributed by atoms with Crippen molar-refractivity contribution in [3.8, 4) is 5.75 Å². The van der Waals surface area contributed by atoms with Gasteiger partial charge in [-0.15, -0.1) is 0 Å². The van der Waals surface area contributed by atoms with E-state index in [1.54, 1.807) is 19.2 Å². The third kappa shape index (κ3) is 5.68. The van der Waals surface area contributed by atoms with E-state index in [4.69, 9.17) is 4.74 Å². The molecule has 0 aliphatic rings. The third-order valence-electron chi connectivity index (χ3n) is 4.89. The maximum absolute atomic E-state index is 13.1. The average molecular weight is 450 g/mol. The minimum atomic E-state index is -0.295. The molecule has 0 saturated carbocycles. The number of aryl methyl sites for hydroxylation is 4. The first-order valence-corrected chi connectivity index (χ1v) is 11.2. The van der Waals surface area contributed by atoms with Crippen molar-refractivity contribution in [1.29, 1.82) is 0 Å². The van der Waals surface area contributed by atoms with Crippen molar-refractivity contribution in [2.24, 2.45) is 0 Å². The first kappa shape index (κ1) is 23.3. The fourth-order valence-corrected chi connectivity index (χ4v) is 4.34. The molecular formula is C25H27N3O3S. The molecular weight excluding hydrogens is 422 g/mol. The summed E-state index contributed by atoms with van der Waals surface area (Å²) in [6, 6.07) is 15.0. The minimum absolute atomic E-state index is 0.137. The summed E-state index contributed by atoms with van der Waals surface area (Å²) >= 11 is 1.25. The van der Waals surface area contributed by atoms with Crippen LogP contribution < -0.4 is 15.4 Å². The molecule has 0 spiro atoms. The first-order valence-electron chi connectivity index (χ1n) is 10.2. The summed E-state index contributed by atoms with van der Waals surface area (Å²) < 4.78 is 5.33. The number of hydrogen-bond donors (Lipinski definition) is 2. The van der Waals surface area contributed by atoms with E-state index in [9.17, 15) is 9.59 Å². The highest BCUT2D eigenvalue weighted by Gasteiger charge is 2.19. The van der Waals surface area contributed by atoms with E-state index >= 15 is 0 Å². The van der Waals surface area contributed by atoms with Crippen molar-refractivity contribution < 1.29 is 14.3 Å². The molecule has 1 aromatic heterocycles. The molecule has 2 aromatic carbocycles. The number of benzene rings is 2. The fraction of sp³-hybridized carbons (Fsp3) is 0.240. The van der Waals surface area contributed by atoms with E-state index in [2.05, 4.69) is 15.6 Å². The normalized spacial score (nSPS) is 10.5. The number of ether oxygens (including phenoxy) is 1. The number of methoxy groups -OCH3 is 1. The summed E-state index contributed by atoms with van der Waals surface area (Å²) in [7, 11) is 1.55. The second-order valence-electron chi connectivity index (χ2n) is 7.57. The molecule has 0 unspecified atom stereocenters. The fourth-order valence-electron chi connectivity index (χ4n) is 3.39. The van der Waals surface area contributed by atoms with Gasteiger partial charge in [0.2, 0.25) is 5.91 Å². The number of nitrogens with zero attached hydrogens (tertiary/aromatic N) is 1. The molecule has 2 amide bonds. The lowest BCUT2D eigenvalue weighted by Gasteiger charge is -2.15. The summed E-state index contributed by atoms with van der Waals surface area (Å²) in [5.74, 6) is 0.259. The van der Waals surface area contributed by atoms with Crippen LogP contribution in [0, 0.1) is 27.7 Å². The van der Waals surface area contributed by atoms with Gasteiger partial charge in [-0.05, 0) is 63.1 Å². The minimum Gasteiger partial charge on any atom is -0.495 e. The molecule has 0 aliphatic carbocycles. The monoisotopic (exact) mass is 449 g/mol. The van der Waals surface area contributed by atoms with Crippen LogP contribution in [-0.2, 0) is 4.79 Å². The molecule has 6 nitrogen and oxygen atoms in total. The Hall–Kier alpha value is -3.32. The van der Waals surface area contributed by atoms with Crippen LogP contribution in [-0.4, -0.2) is 29.7 Å². The van der Waals surface area contributed by atoms with E-state index in [0.29, 0.717) is 22.0 Å². The van der Waals surface area contributed by atoms with Gasteiger partial charge < -0.3 is 15.4 Å². The highest BCUT2D eigenvalue weighted by atomic mass is 32.2. The van der Waals surface area contributed by atoms with Crippen LogP contribution in [0.4, 0.5) is 11.4 Å². The van der Waals surface area contributed by atoms with Gasteiger partial charge in [0.25, 0.3) is 5.91 Å². The lowest BCUT2D eigenvalue weighted by molar-refractivity contribution is -0.113. The topological polar surface area (TPSA) is 80.3 Å². The molecule has 0 fully saturated rings. The summed E-state index contributed by atoms with van der Waals surface area (Å²) in [5, 5.41) is 6.36. The van der Waals surface area contributed by atoms with Crippen LogP contribution in [0.3, 0.4) is 0 Å². The maximum Gasteiger partial charge on any atom is 0.258 e. The quantitative estimate of drug-likeness (QED) is 0.478. The van der Waals surface area contributed by atoms with Crippen molar-refractivity contribution in [1.82, 2.24) is 4.98 Å². The zero-order chi connectivity index (χ0) is 23.3. The van der Waals surface area contributed by atoms with Gasteiger partial charge in [0.05, 0.1) is 24.1 Å². The van der Waals surface area contributed by atoms with E-state index in [1.165, 1.54) is 11.8 Å². The molecule has 1 heterocycles. The van der Waals surface area contributed by atoms with Crippen molar-refractivity contribution in [2.45, 2.75) is 32.7 Å². The molecule has 0 saturated heterocycles. The lowest BCUT2D eigenvalue weighted by atomic mass is 10.1. The van der Waals surface area contributed by atoms with Gasteiger partial charge in [-0.3, -0.25) is 9.59 Å². The Bertz CT molecular complexity index is 1160. The zero-order valence-corrected chi connectivity index (χ0v) is 19.7. The molecule has 3 aromatic rings. The van der Waals surface area contributed by atoms with Crippen LogP contribution in [0.1, 0.15) is 32.7 Å². The van der Waals surface area contributed by atoms with Crippen LogP contribution in [0.5, 0.6) is 5.75 Å². The Morgan fingerprint density at radius 3 is 2.41 bits per heavy atom. The highest BCUT2D eigenvalue weighted by molar-refractivity contribution is 8.00. The Morgan fingerprint density at radius 2 is 1.69 bits per heavy atom. The van der Waals surface area contributed by atoms with Gasteiger partial charge in [-0.1, -0.05) is 41.6 Å². The van der Waals surface area contributed by atoms with Gasteiger partial charge >= 0.3 is 0 Å². The van der Waals surface area contributed by atoms with E-state index in [1.807, 2.05) is 64.1 Å². The molecule has 166 valence electrons. The molecule has 3 rings (SSSR count). The summed E-state index contributed by atoms with van der Waals surface area (Å²) in [6.45, 7) is 7.71.